The van der Waals surface area contributed by atoms with E-state index in [1.165, 1.54) is 0 Å². The fourth-order valence-electron chi connectivity index (χ4n) is 2.19. The van der Waals surface area contributed by atoms with Gasteiger partial charge >= 0.3 is 0 Å². The lowest BCUT2D eigenvalue weighted by atomic mass is 9.99. The number of benzene rings is 2. The third-order valence-corrected chi connectivity index (χ3v) is 3.80. The highest BCUT2D eigenvalue weighted by atomic mass is 35.5. The summed E-state index contributed by atoms with van der Waals surface area (Å²) in [5.41, 5.74) is 3.99. The Balaban J connectivity index is 2.30. The first-order chi connectivity index (χ1) is 11.0. The van der Waals surface area contributed by atoms with Gasteiger partial charge in [-0.05, 0) is 60.4 Å². The molecule has 4 heteroatoms. The van der Waals surface area contributed by atoms with Crippen molar-refractivity contribution in [3.63, 3.8) is 0 Å². The maximum Gasteiger partial charge on any atom is 0.138 e. The molecule has 0 radical (unpaired) electrons. The molecule has 0 N–H and O–H groups in total. The summed E-state index contributed by atoms with van der Waals surface area (Å²) in [6.45, 7) is 4.32. The van der Waals surface area contributed by atoms with Gasteiger partial charge in [0.05, 0.1) is 5.02 Å². The lowest BCUT2D eigenvalue weighted by Crippen LogP contribution is -2.00. The van der Waals surface area contributed by atoms with Gasteiger partial charge in [0.25, 0.3) is 0 Å². The molecule has 3 nitrogen and oxygen atoms in total. The molecule has 0 amide bonds. The SMILES string of the molecule is Cc1cc(C)c(COc2ccccc2Cl)cc1C=C(C#N)C#N. The minimum atomic E-state index is 0.0786. The summed E-state index contributed by atoms with van der Waals surface area (Å²) in [5.74, 6) is 0.626. The zero-order chi connectivity index (χ0) is 16.8. The highest BCUT2D eigenvalue weighted by molar-refractivity contribution is 6.32. The Hall–Kier alpha value is -2.75. The number of halogens is 1. The third-order valence-electron chi connectivity index (χ3n) is 3.49. The first kappa shape index (κ1) is 16.6. The van der Waals surface area contributed by atoms with E-state index in [4.69, 9.17) is 26.9 Å². The summed E-state index contributed by atoms with van der Waals surface area (Å²) in [4.78, 5) is 0. The van der Waals surface area contributed by atoms with E-state index >= 15 is 0 Å². The Bertz CT molecular complexity index is 825. The summed E-state index contributed by atoms with van der Waals surface area (Å²) in [7, 11) is 0. The number of nitrogens with zero attached hydrogens (tertiary/aromatic N) is 2. The second kappa shape index (κ2) is 7.49. The van der Waals surface area contributed by atoms with Gasteiger partial charge in [-0.2, -0.15) is 10.5 Å². The van der Waals surface area contributed by atoms with E-state index in [0.717, 1.165) is 22.3 Å². The predicted molar refractivity (Wildman–Crippen MR) is 90.9 cm³/mol. The number of aryl methyl sites for hydroxylation is 2. The molecule has 2 rings (SSSR count). The van der Waals surface area contributed by atoms with Crippen molar-refractivity contribution >= 4 is 17.7 Å². The molecule has 0 aromatic heterocycles. The molecule has 0 aliphatic heterocycles. The molecule has 0 atom stereocenters. The van der Waals surface area contributed by atoms with E-state index in [9.17, 15) is 0 Å². The van der Waals surface area contributed by atoms with E-state index in [0.29, 0.717) is 17.4 Å². The molecule has 0 aliphatic carbocycles. The fraction of sp³-hybridized carbons (Fsp3) is 0.158. The maximum absolute atomic E-state index is 8.90. The van der Waals surface area contributed by atoms with E-state index < -0.39 is 0 Å². The van der Waals surface area contributed by atoms with Gasteiger partial charge in [-0.25, -0.2) is 0 Å². The van der Waals surface area contributed by atoms with Crippen molar-refractivity contribution in [1.82, 2.24) is 0 Å². The van der Waals surface area contributed by atoms with Crippen molar-refractivity contribution in [2.45, 2.75) is 20.5 Å². The van der Waals surface area contributed by atoms with Crippen LogP contribution in [-0.2, 0) is 6.61 Å². The fourth-order valence-corrected chi connectivity index (χ4v) is 2.38. The quantitative estimate of drug-likeness (QED) is 0.747. The Kier molecular flexibility index (Phi) is 5.41. The van der Waals surface area contributed by atoms with Crippen LogP contribution < -0.4 is 4.74 Å². The van der Waals surface area contributed by atoms with Gasteiger partial charge in [0.15, 0.2) is 0 Å². The molecule has 0 bridgehead atoms. The van der Waals surface area contributed by atoms with Crippen LogP contribution in [0.25, 0.3) is 6.08 Å². The number of hydrogen-bond donors (Lipinski definition) is 0. The van der Waals surface area contributed by atoms with Gasteiger partial charge < -0.3 is 4.74 Å². The highest BCUT2D eigenvalue weighted by Crippen LogP contribution is 2.25. The van der Waals surface area contributed by atoms with Crippen LogP contribution in [0.1, 0.15) is 22.3 Å². The van der Waals surface area contributed by atoms with Crippen molar-refractivity contribution < 1.29 is 4.74 Å². The van der Waals surface area contributed by atoms with Gasteiger partial charge in [0, 0.05) is 0 Å². The Morgan fingerprint density at radius 1 is 1.13 bits per heavy atom. The second-order valence-corrected chi connectivity index (χ2v) is 5.54. The summed E-state index contributed by atoms with van der Waals surface area (Å²) < 4.78 is 5.77. The van der Waals surface area contributed by atoms with Gasteiger partial charge in [-0.3, -0.25) is 0 Å². The average molecular weight is 323 g/mol. The molecule has 0 saturated carbocycles. The summed E-state index contributed by atoms with van der Waals surface area (Å²) in [6.07, 6.45) is 1.59. The molecule has 2 aromatic carbocycles. The molecule has 0 fully saturated rings. The van der Waals surface area contributed by atoms with E-state index in [1.807, 2.05) is 56.3 Å². The van der Waals surface area contributed by atoms with Crippen molar-refractivity contribution in [2.75, 3.05) is 0 Å². The van der Waals surface area contributed by atoms with Crippen LogP contribution >= 0.6 is 11.6 Å². The summed E-state index contributed by atoms with van der Waals surface area (Å²) in [6, 6.07) is 15.0. The molecule has 2 aromatic rings. The van der Waals surface area contributed by atoms with Crippen LogP contribution in [0.4, 0.5) is 0 Å². The first-order valence-electron chi connectivity index (χ1n) is 7.04. The van der Waals surface area contributed by atoms with Crippen molar-refractivity contribution in [3.05, 3.63) is 69.2 Å². The summed E-state index contributed by atoms with van der Waals surface area (Å²) in [5, 5.41) is 18.4. The van der Waals surface area contributed by atoms with Crippen LogP contribution in [0.3, 0.4) is 0 Å². The smallest absolute Gasteiger partial charge is 0.138 e. The Labute approximate surface area is 141 Å². The molecule has 23 heavy (non-hydrogen) atoms. The zero-order valence-electron chi connectivity index (χ0n) is 12.9. The van der Waals surface area contributed by atoms with Crippen molar-refractivity contribution in [2.24, 2.45) is 0 Å². The Morgan fingerprint density at radius 2 is 1.83 bits per heavy atom. The Morgan fingerprint density at radius 3 is 2.48 bits per heavy atom. The maximum atomic E-state index is 8.90. The lowest BCUT2D eigenvalue weighted by molar-refractivity contribution is 0.305. The van der Waals surface area contributed by atoms with Gasteiger partial charge in [-0.1, -0.05) is 29.8 Å². The molecule has 0 aliphatic rings. The zero-order valence-corrected chi connectivity index (χ0v) is 13.7. The van der Waals surface area contributed by atoms with Crippen LogP contribution in [0.5, 0.6) is 5.75 Å². The molecule has 114 valence electrons. The monoisotopic (exact) mass is 322 g/mol. The van der Waals surface area contributed by atoms with E-state index in [-0.39, 0.29) is 5.57 Å². The number of rotatable bonds is 4. The normalized spacial score (nSPS) is 9.61. The van der Waals surface area contributed by atoms with E-state index in [1.54, 1.807) is 12.1 Å². The number of hydrogen-bond acceptors (Lipinski definition) is 3. The third kappa shape index (κ3) is 4.13. The van der Waals surface area contributed by atoms with Gasteiger partial charge in [0.1, 0.15) is 30.1 Å². The minimum absolute atomic E-state index is 0.0786. The van der Waals surface area contributed by atoms with Crippen LogP contribution in [-0.4, -0.2) is 0 Å². The topological polar surface area (TPSA) is 56.8 Å². The molecule has 0 heterocycles. The molecule has 0 unspecified atom stereocenters. The van der Waals surface area contributed by atoms with Crippen LogP contribution in [0.2, 0.25) is 5.02 Å². The van der Waals surface area contributed by atoms with Gasteiger partial charge in [-0.15, -0.1) is 0 Å². The van der Waals surface area contributed by atoms with Crippen LogP contribution in [0, 0.1) is 36.5 Å². The molecular weight excluding hydrogens is 308 g/mol. The lowest BCUT2D eigenvalue weighted by Gasteiger charge is -2.12. The molecular formula is C19H15ClN2O. The number of para-hydroxylation sites is 1. The van der Waals surface area contributed by atoms with E-state index in [2.05, 4.69) is 0 Å². The van der Waals surface area contributed by atoms with Crippen LogP contribution in [0.15, 0.2) is 42.0 Å². The largest absolute Gasteiger partial charge is 0.487 e. The second-order valence-electron chi connectivity index (χ2n) is 5.14. The minimum Gasteiger partial charge on any atom is -0.487 e. The molecule has 0 saturated heterocycles. The summed E-state index contributed by atoms with van der Waals surface area (Å²) >= 11 is 6.09. The standard InChI is InChI=1S/C19H15ClN2O/c1-13-7-14(2)17(9-16(13)8-15(10-21)11-22)12-23-19-6-4-3-5-18(19)20/h3-9H,12H2,1-2H3. The highest BCUT2D eigenvalue weighted by Gasteiger charge is 2.07. The average Bonchev–Trinajstić information content (AvgIpc) is 2.54. The number of ether oxygens (including phenoxy) is 1. The van der Waals surface area contributed by atoms with Crippen molar-refractivity contribution in [1.29, 1.82) is 10.5 Å². The van der Waals surface area contributed by atoms with Gasteiger partial charge in [0.2, 0.25) is 0 Å². The molecule has 0 spiro atoms. The van der Waals surface area contributed by atoms with Crippen molar-refractivity contribution in [3.8, 4) is 17.9 Å². The number of nitriles is 2. The first-order valence-corrected chi connectivity index (χ1v) is 7.42. The predicted octanol–water partition coefficient (Wildman–Crippen LogP) is 4.97. The number of allylic oxidation sites excluding steroid dienone is 1.